The molecule has 1 heterocycles. The first-order chi connectivity index (χ1) is 10.3. The molecule has 0 aliphatic heterocycles. The van der Waals surface area contributed by atoms with Gasteiger partial charge in [0, 0.05) is 23.5 Å². The molecular formula is C17H17N3O. The van der Waals surface area contributed by atoms with Gasteiger partial charge in [0.05, 0.1) is 5.71 Å². The summed E-state index contributed by atoms with van der Waals surface area (Å²) < 4.78 is 0. The van der Waals surface area contributed by atoms with Gasteiger partial charge in [0.2, 0.25) is 0 Å². The summed E-state index contributed by atoms with van der Waals surface area (Å²) in [6.07, 6.45) is 7.43. The Morgan fingerprint density at radius 3 is 2.67 bits per heavy atom. The molecule has 2 aromatic rings. The SMILES string of the molecule is O=C(NN=C1CCCCc2ccccc21)c1ccncc1. The topological polar surface area (TPSA) is 54.4 Å². The lowest BCUT2D eigenvalue weighted by molar-refractivity contribution is 0.0954. The van der Waals surface area contributed by atoms with Crippen molar-refractivity contribution >= 4 is 11.6 Å². The second-order valence-electron chi connectivity index (χ2n) is 5.10. The van der Waals surface area contributed by atoms with Crippen molar-refractivity contribution in [1.29, 1.82) is 0 Å². The molecule has 1 aliphatic rings. The average molecular weight is 279 g/mol. The fourth-order valence-electron chi connectivity index (χ4n) is 2.56. The summed E-state index contributed by atoms with van der Waals surface area (Å²) >= 11 is 0. The van der Waals surface area contributed by atoms with E-state index in [1.165, 1.54) is 5.56 Å². The molecule has 0 bridgehead atoms. The first kappa shape index (κ1) is 13.5. The van der Waals surface area contributed by atoms with Gasteiger partial charge < -0.3 is 0 Å². The van der Waals surface area contributed by atoms with Crippen molar-refractivity contribution in [3.8, 4) is 0 Å². The van der Waals surface area contributed by atoms with Crippen LogP contribution in [0.15, 0.2) is 53.9 Å². The Bertz CT molecular complexity index is 665. The van der Waals surface area contributed by atoms with Gasteiger partial charge in [-0.3, -0.25) is 9.78 Å². The number of carbonyl (C=O) groups is 1. The van der Waals surface area contributed by atoms with Crippen molar-refractivity contribution in [2.75, 3.05) is 0 Å². The third-order valence-corrected chi connectivity index (χ3v) is 3.67. The Kier molecular flexibility index (Phi) is 4.05. The predicted octanol–water partition coefficient (Wildman–Crippen LogP) is 2.94. The van der Waals surface area contributed by atoms with E-state index in [-0.39, 0.29) is 5.91 Å². The molecular weight excluding hydrogens is 262 g/mol. The molecule has 1 amide bonds. The number of carbonyl (C=O) groups excluding carboxylic acids is 1. The number of hydrazone groups is 1. The molecule has 1 aromatic heterocycles. The number of rotatable bonds is 2. The zero-order chi connectivity index (χ0) is 14.5. The molecule has 4 heteroatoms. The average Bonchev–Trinajstić information content (AvgIpc) is 2.76. The van der Waals surface area contributed by atoms with Crippen molar-refractivity contribution in [1.82, 2.24) is 10.4 Å². The van der Waals surface area contributed by atoms with Gasteiger partial charge in [-0.1, -0.05) is 24.3 Å². The van der Waals surface area contributed by atoms with Gasteiger partial charge in [0.1, 0.15) is 0 Å². The lowest BCUT2D eigenvalue weighted by atomic mass is 10.0. The molecule has 3 rings (SSSR count). The van der Waals surface area contributed by atoms with Crippen LogP contribution in [0.25, 0.3) is 0 Å². The van der Waals surface area contributed by atoms with E-state index in [0.29, 0.717) is 5.56 Å². The Balaban J connectivity index is 1.82. The van der Waals surface area contributed by atoms with Crippen LogP contribution >= 0.6 is 0 Å². The molecule has 106 valence electrons. The van der Waals surface area contributed by atoms with Crippen LogP contribution in [0.1, 0.15) is 40.7 Å². The highest BCUT2D eigenvalue weighted by molar-refractivity contribution is 6.03. The molecule has 0 atom stereocenters. The van der Waals surface area contributed by atoms with Gasteiger partial charge in [-0.15, -0.1) is 0 Å². The van der Waals surface area contributed by atoms with Gasteiger partial charge in [-0.25, -0.2) is 5.43 Å². The number of hydrogen-bond acceptors (Lipinski definition) is 3. The fraction of sp³-hybridized carbons (Fsp3) is 0.235. The van der Waals surface area contributed by atoms with Crippen molar-refractivity contribution in [3.63, 3.8) is 0 Å². The van der Waals surface area contributed by atoms with Crippen LogP contribution in [0.5, 0.6) is 0 Å². The molecule has 0 spiro atoms. The van der Waals surface area contributed by atoms with Gasteiger partial charge in [-0.05, 0) is 43.4 Å². The second-order valence-corrected chi connectivity index (χ2v) is 5.10. The summed E-state index contributed by atoms with van der Waals surface area (Å²) in [7, 11) is 0. The molecule has 0 fully saturated rings. The number of hydrogen-bond donors (Lipinski definition) is 1. The van der Waals surface area contributed by atoms with E-state index < -0.39 is 0 Å². The second kappa shape index (κ2) is 6.31. The Labute approximate surface area is 123 Å². The molecule has 1 N–H and O–H groups in total. The van der Waals surface area contributed by atoms with Crippen LogP contribution in [-0.2, 0) is 6.42 Å². The zero-order valence-electron chi connectivity index (χ0n) is 11.7. The third kappa shape index (κ3) is 3.16. The van der Waals surface area contributed by atoms with E-state index in [2.05, 4.69) is 33.7 Å². The van der Waals surface area contributed by atoms with Crippen LogP contribution in [0.2, 0.25) is 0 Å². The molecule has 0 saturated heterocycles. The summed E-state index contributed by atoms with van der Waals surface area (Å²) in [6, 6.07) is 11.6. The Morgan fingerprint density at radius 1 is 1.05 bits per heavy atom. The minimum Gasteiger partial charge on any atom is -0.267 e. The summed E-state index contributed by atoms with van der Waals surface area (Å²) in [6.45, 7) is 0. The van der Waals surface area contributed by atoms with Crippen molar-refractivity contribution in [2.45, 2.75) is 25.7 Å². The Morgan fingerprint density at radius 2 is 1.81 bits per heavy atom. The molecule has 0 unspecified atom stereocenters. The monoisotopic (exact) mass is 279 g/mol. The van der Waals surface area contributed by atoms with Crippen LogP contribution in [0.4, 0.5) is 0 Å². The highest BCUT2D eigenvalue weighted by Gasteiger charge is 2.14. The number of nitrogens with one attached hydrogen (secondary N) is 1. The van der Waals surface area contributed by atoms with Gasteiger partial charge in [-0.2, -0.15) is 5.10 Å². The van der Waals surface area contributed by atoms with E-state index in [0.717, 1.165) is 37.0 Å². The predicted molar refractivity (Wildman–Crippen MR) is 82.2 cm³/mol. The van der Waals surface area contributed by atoms with Crippen LogP contribution < -0.4 is 5.43 Å². The maximum Gasteiger partial charge on any atom is 0.271 e. The van der Waals surface area contributed by atoms with Crippen LogP contribution in [0, 0.1) is 0 Å². The zero-order valence-corrected chi connectivity index (χ0v) is 11.7. The lowest BCUT2D eigenvalue weighted by Gasteiger charge is -2.08. The summed E-state index contributed by atoms with van der Waals surface area (Å²) in [4.78, 5) is 15.9. The van der Waals surface area contributed by atoms with E-state index in [1.807, 2.05) is 6.07 Å². The fourth-order valence-corrected chi connectivity index (χ4v) is 2.56. The normalized spacial score (nSPS) is 16.1. The minimum absolute atomic E-state index is 0.202. The first-order valence-corrected chi connectivity index (χ1v) is 7.20. The maximum absolute atomic E-state index is 12.0. The molecule has 21 heavy (non-hydrogen) atoms. The van der Waals surface area contributed by atoms with Crippen molar-refractivity contribution < 1.29 is 4.79 Å². The standard InChI is InChI=1S/C17H17N3O/c21-17(14-9-11-18-12-10-14)20-19-16-8-4-2-6-13-5-1-3-7-15(13)16/h1,3,5,7,9-12H,2,4,6,8H2,(H,20,21). The molecule has 4 nitrogen and oxygen atoms in total. The van der Waals surface area contributed by atoms with E-state index in [9.17, 15) is 4.79 Å². The quantitative estimate of drug-likeness (QED) is 0.678. The first-order valence-electron chi connectivity index (χ1n) is 7.20. The number of fused-ring (bicyclic) bond motifs is 1. The molecule has 1 aromatic carbocycles. The summed E-state index contributed by atoms with van der Waals surface area (Å²) in [5.74, 6) is -0.202. The van der Waals surface area contributed by atoms with E-state index in [1.54, 1.807) is 24.5 Å². The molecule has 0 radical (unpaired) electrons. The van der Waals surface area contributed by atoms with Crippen LogP contribution in [-0.4, -0.2) is 16.6 Å². The van der Waals surface area contributed by atoms with Gasteiger partial charge in [0.15, 0.2) is 0 Å². The van der Waals surface area contributed by atoms with Crippen molar-refractivity contribution in [3.05, 3.63) is 65.5 Å². The maximum atomic E-state index is 12.0. The van der Waals surface area contributed by atoms with Gasteiger partial charge in [0.25, 0.3) is 5.91 Å². The number of benzene rings is 1. The highest BCUT2D eigenvalue weighted by atomic mass is 16.2. The Hall–Kier alpha value is -2.49. The minimum atomic E-state index is -0.202. The number of aryl methyl sites for hydroxylation is 1. The third-order valence-electron chi connectivity index (χ3n) is 3.67. The largest absolute Gasteiger partial charge is 0.271 e. The number of pyridine rings is 1. The summed E-state index contributed by atoms with van der Waals surface area (Å²) in [5, 5.41) is 4.36. The number of nitrogens with zero attached hydrogens (tertiary/aromatic N) is 2. The lowest BCUT2D eigenvalue weighted by Crippen LogP contribution is -2.20. The summed E-state index contributed by atoms with van der Waals surface area (Å²) in [5.41, 5.74) is 6.66. The van der Waals surface area contributed by atoms with E-state index in [4.69, 9.17) is 0 Å². The van der Waals surface area contributed by atoms with Crippen LogP contribution in [0.3, 0.4) is 0 Å². The van der Waals surface area contributed by atoms with Crippen molar-refractivity contribution in [2.24, 2.45) is 5.10 Å². The van der Waals surface area contributed by atoms with E-state index >= 15 is 0 Å². The highest BCUT2D eigenvalue weighted by Crippen LogP contribution is 2.20. The molecule has 0 saturated carbocycles. The number of amides is 1. The molecule has 1 aliphatic carbocycles. The number of aromatic nitrogens is 1. The smallest absolute Gasteiger partial charge is 0.267 e. The van der Waals surface area contributed by atoms with Gasteiger partial charge >= 0.3 is 0 Å².